The molecule has 0 radical (unpaired) electrons. The lowest BCUT2D eigenvalue weighted by molar-refractivity contribution is 0.122. The first-order valence-corrected chi connectivity index (χ1v) is 11.2. The molecule has 3 aromatic rings. The van der Waals surface area contributed by atoms with E-state index in [1.54, 1.807) is 0 Å². The average molecular weight is 568 g/mol. The van der Waals surface area contributed by atoms with Crippen LogP contribution in [0.15, 0.2) is 53.7 Å². The van der Waals surface area contributed by atoms with E-state index < -0.39 is 0 Å². The predicted molar refractivity (Wildman–Crippen MR) is 141 cm³/mol. The third-order valence-corrected chi connectivity index (χ3v) is 6.21. The van der Waals surface area contributed by atoms with Gasteiger partial charge in [0.05, 0.1) is 0 Å². The molecule has 2 N–H and O–H groups in total. The Morgan fingerprint density at radius 1 is 1.19 bits per heavy atom. The van der Waals surface area contributed by atoms with Crippen molar-refractivity contribution in [3.8, 4) is 0 Å². The van der Waals surface area contributed by atoms with Crippen LogP contribution in [0.4, 0.5) is 0 Å². The predicted octanol–water partition coefficient (Wildman–Crippen LogP) is 3.79. The molecule has 1 aliphatic heterocycles. The van der Waals surface area contributed by atoms with E-state index in [9.17, 15) is 0 Å². The van der Waals surface area contributed by atoms with Crippen LogP contribution in [0.25, 0.3) is 5.65 Å². The van der Waals surface area contributed by atoms with E-state index in [0.29, 0.717) is 12.0 Å². The van der Waals surface area contributed by atoms with Gasteiger partial charge >= 0.3 is 0 Å². The van der Waals surface area contributed by atoms with E-state index in [4.69, 9.17) is 11.6 Å². The van der Waals surface area contributed by atoms with Crippen molar-refractivity contribution in [3.05, 3.63) is 65.1 Å². The summed E-state index contributed by atoms with van der Waals surface area (Å²) in [6.07, 6.45) is 5.14. The second kappa shape index (κ2) is 11.8. The first kappa shape index (κ1) is 24.7. The summed E-state index contributed by atoms with van der Waals surface area (Å²) in [4.78, 5) is 6.84. The molecule has 2 aromatic heterocycles. The summed E-state index contributed by atoms with van der Waals surface area (Å²) >= 11 is 6.27. The molecule has 1 aromatic carbocycles. The van der Waals surface area contributed by atoms with Gasteiger partial charge in [0.2, 0.25) is 0 Å². The summed E-state index contributed by atoms with van der Waals surface area (Å²) < 4.78 is 2.02. The number of benzene rings is 1. The molecule has 0 amide bonds. The van der Waals surface area contributed by atoms with Crippen LogP contribution in [0.5, 0.6) is 0 Å². The highest BCUT2D eigenvalue weighted by atomic mass is 127. The Balaban J connectivity index is 0.00000289. The molecule has 3 heterocycles. The van der Waals surface area contributed by atoms with E-state index in [2.05, 4.69) is 49.9 Å². The Morgan fingerprint density at radius 2 is 2.06 bits per heavy atom. The lowest BCUT2D eigenvalue weighted by Crippen LogP contribution is -2.45. The highest BCUT2D eigenvalue weighted by molar-refractivity contribution is 14.0. The fourth-order valence-electron chi connectivity index (χ4n) is 4.49. The standard InChI is InChI=1S/C23H30ClN7.HI/c1-25-23(26-12-11-21-29-28-20-10-3-4-14-31(20)21)27-16-18-8-6-13-30(2)22(18)17-7-5-9-19(24)15-17;/h3-5,7,9-10,14-15,18,22H,6,8,11-13,16H2,1-2H3,(H2,25,26,27);1H. The molecular weight excluding hydrogens is 537 g/mol. The molecule has 0 saturated carbocycles. The van der Waals surface area contributed by atoms with E-state index in [-0.39, 0.29) is 24.0 Å². The molecule has 0 spiro atoms. The molecule has 7 nitrogen and oxygen atoms in total. The fourth-order valence-corrected chi connectivity index (χ4v) is 4.69. The SMILES string of the molecule is CN=C(NCCc1nnc2ccccn12)NCC1CCCN(C)C1c1cccc(Cl)c1.I. The zero-order chi connectivity index (χ0) is 21.6. The summed E-state index contributed by atoms with van der Waals surface area (Å²) in [5.74, 6) is 2.23. The number of guanidine groups is 1. The number of rotatable bonds is 6. The van der Waals surface area contributed by atoms with Gasteiger partial charge in [-0.05, 0) is 62.2 Å². The number of hydrogen-bond donors (Lipinski definition) is 2. The summed E-state index contributed by atoms with van der Waals surface area (Å²) in [6, 6.07) is 14.5. The zero-order valence-corrected chi connectivity index (χ0v) is 21.6. The molecule has 1 aliphatic rings. The molecule has 9 heteroatoms. The maximum atomic E-state index is 6.27. The van der Waals surface area contributed by atoms with Gasteiger partial charge in [-0.1, -0.05) is 29.8 Å². The maximum absolute atomic E-state index is 6.27. The number of nitrogens with zero attached hydrogens (tertiary/aromatic N) is 5. The Hall–Kier alpha value is -1.91. The van der Waals surface area contributed by atoms with Gasteiger partial charge in [-0.3, -0.25) is 14.3 Å². The van der Waals surface area contributed by atoms with Crippen LogP contribution in [0, 0.1) is 5.92 Å². The van der Waals surface area contributed by atoms with Crippen molar-refractivity contribution in [2.45, 2.75) is 25.3 Å². The number of likely N-dealkylation sites (tertiary alicyclic amines) is 1. The topological polar surface area (TPSA) is 69.8 Å². The summed E-state index contributed by atoms with van der Waals surface area (Å²) in [5.41, 5.74) is 2.15. The van der Waals surface area contributed by atoms with Gasteiger partial charge in [0.1, 0.15) is 5.82 Å². The summed E-state index contributed by atoms with van der Waals surface area (Å²) in [7, 11) is 4.01. The lowest BCUT2D eigenvalue weighted by Gasteiger charge is -2.40. The number of aliphatic imine (C=N–C) groups is 1. The van der Waals surface area contributed by atoms with Crippen molar-refractivity contribution >= 4 is 47.2 Å². The largest absolute Gasteiger partial charge is 0.356 e. The van der Waals surface area contributed by atoms with Gasteiger partial charge in [-0.2, -0.15) is 0 Å². The number of pyridine rings is 1. The third-order valence-electron chi connectivity index (χ3n) is 5.98. The minimum absolute atomic E-state index is 0. The minimum atomic E-state index is 0. The number of hydrogen-bond acceptors (Lipinski definition) is 4. The van der Waals surface area contributed by atoms with Crippen molar-refractivity contribution in [1.29, 1.82) is 0 Å². The van der Waals surface area contributed by atoms with Crippen LogP contribution < -0.4 is 10.6 Å². The Morgan fingerprint density at radius 3 is 2.88 bits per heavy atom. The van der Waals surface area contributed by atoms with Gasteiger partial charge in [0.25, 0.3) is 0 Å². The van der Waals surface area contributed by atoms with E-state index in [1.807, 2.05) is 48.0 Å². The van der Waals surface area contributed by atoms with Gasteiger partial charge in [-0.25, -0.2) is 0 Å². The first-order valence-electron chi connectivity index (χ1n) is 10.8. The summed E-state index contributed by atoms with van der Waals surface area (Å²) in [5, 5.41) is 16.2. The van der Waals surface area contributed by atoms with E-state index >= 15 is 0 Å². The van der Waals surface area contributed by atoms with Crippen LogP contribution in [-0.2, 0) is 6.42 Å². The molecule has 4 rings (SSSR count). The smallest absolute Gasteiger partial charge is 0.191 e. The second-order valence-electron chi connectivity index (χ2n) is 8.06. The van der Waals surface area contributed by atoms with Gasteiger partial charge < -0.3 is 10.6 Å². The first-order chi connectivity index (χ1) is 15.2. The van der Waals surface area contributed by atoms with Crippen molar-refractivity contribution in [2.75, 3.05) is 33.7 Å². The van der Waals surface area contributed by atoms with Gasteiger partial charge in [0, 0.05) is 43.8 Å². The number of nitrogens with one attached hydrogen (secondary N) is 2. The molecule has 1 fully saturated rings. The normalized spacial score (nSPS) is 19.5. The molecule has 0 bridgehead atoms. The Bertz CT molecular complexity index is 1040. The molecule has 1 saturated heterocycles. The van der Waals surface area contributed by atoms with Crippen LogP contribution in [0.3, 0.4) is 0 Å². The number of fused-ring (bicyclic) bond motifs is 1. The van der Waals surface area contributed by atoms with Crippen LogP contribution in [0.2, 0.25) is 5.02 Å². The number of piperidine rings is 1. The molecule has 172 valence electrons. The monoisotopic (exact) mass is 567 g/mol. The minimum Gasteiger partial charge on any atom is -0.356 e. The molecule has 2 unspecified atom stereocenters. The van der Waals surface area contributed by atoms with Crippen molar-refractivity contribution in [2.24, 2.45) is 10.9 Å². The van der Waals surface area contributed by atoms with Gasteiger partial charge in [0.15, 0.2) is 11.6 Å². The number of aromatic nitrogens is 3. The highest BCUT2D eigenvalue weighted by Crippen LogP contribution is 2.35. The molecule has 0 aliphatic carbocycles. The average Bonchev–Trinajstić information content (AvgIpc) is 3.19. The maximum Gasteiger partial charge on any atom is 0.191 e. The van der Waals surface area contributed by atoms with E-state index in [1.165, 1.54) is 18.4 Å². The Labute approximate surface area is 211 Å². The lowest BCUT2D eigenvalue weighted by atomic mass is 9.85. The van der Waals surface area contributed by atoms with Crippen LogP contribution in [0.1, 0.15) is 30.3 Å². The highest BCUT2D eigenvalue weighted by Gasteiger charge is 2.30. The number of halogens is 2. The van der Waals surface area contributed by atoms with E-state index in [0.717, 1.165) is 48.5 Å². The fraction of sp³-hybridized carbons (Fsp3) is 0.435. The molecular formula is C23H31ClIN7. The van der Waals surface area contributed by atoms with Crippen molar-refractivity contribution in [1.82, 2.24) is 30.1 Å². The second-order valence-corrected chi connectivity index (χ2v) is 8.49. The Kier molecular flexibility index (Phi) is 9.12. The van der Waals surface area contributed by atoms with Crippen molar-refractivity contribution in [3.63, 3.8) is 0 Å². The molecule has 2 atom stereocenters. The van der Waals surface area contributed by atoms with Crippen molar-refractivity contribution < 1.29 is 0 Å². The van der Waals surface area contributed by atoms with Crippen LogP contribution in [-0.4, -0.2) is 59.2 Å². The van der Waals surface area contributed by atoms with Crippen LogP contribution >= 0.6 is 35.6 Å². The summed E-state index contributed by atoms with van der Waals surface area (Å²) in [6.45, 7) is 2.69. The zero-order valence-electron chi connectivity index (χ0n) is 18.5. The molecule has 32 heavy (non-hydrogen) atoms. The van der Waals surface area contributed by atoms with Gasteiger partial charge in [-0.15, -0.1) is 34.2 Å². The quantitative estimate of drug-likeness (QED) is 0.270. The third kappa shape index (κ3) is 5.90.